The zero-order valence-electron chi connectivity index (χ0n) is 11.0. The fourth-order valence-electron chi connectivity index (χ4n) is 2.98. The number of aryl methyl sites for hydroxylation is 1. The number of hydrogen-bond acceptors (Lipinski definition) is 2. The minimum atomic E-state index is -0.00644. The highest BCUT2D eigenvalue weighted by molar-refractivity contribution is 14.1. The van der Waals surface area contributed by atoms with Crippen molar-refractivity contribution in [2.24, 2.45) is 5.73 Å². The predicted octanol–water partition coefficient (Wildman–Crippen LogP) is 4.57. The second kappa shape index (κ2) is 6.12. The predicted molar refractivity (Wildman–Crippen MR) is 93.7 cm³/mol. The summed E-state index contributed by atoms with van der Waals surface area (Å²) in [5.74, 6) is 0.314. The van der Waals surface area contributed by atoms with Gasteiger partial charge in [-0.2, -0.15) is 0 Å². The lowest BCUT2D eigenvalue weighted by Crippen LogP contribution is -2.25. The molecule has 20 heavy (non-hydrogen) atoms. The van der Waals surface area contributed by atoms with Gasteiger partial charge in [0, 0.05) is 31.9 Å². The van der Waals surface area contributed by atoms with Crippen LogP contribution in [0.5, 0.6) is 0 Å². The summed E-state index contributed by atoms with van der Waals surface area (Å²) < 4.78 is 2.31. The van der Waals surface area contributed by atoms with Crippen molar-refractivity contribution >= 4 is 38.5 Å². The van der Waals surface area contributed by atoms with Gasteiger partial charge in [0.2, 0.25) is 0 Å². The molecule has 2 unspecified atom stereocenters. The van der Waals surface area contributed by atoms with Crippen molar-refractivity contribution in [3.05, 3.63) is 61.4 Å². The van der Waals surface area contributed by atoms with E-state index in [0.717, 1.165) is 17.3 Å². The molecule has 0 aliphatic heterocycles. The van der Waals surface area contributed by atoms with Crippen LogP contribution in [-0.4, -0.2) is 4.98 Å². The minimum Gasteiger partial charge on any atom is -0.323 e. The van der Waals surface area contributed by atoms with Crippen LogP contribution in [0.25, 0.3) is 0 Å². The Morgan fingerprint density at radius 3 is 3.05 bits per heavy atom. The van der Waals surface area contributed by atoms with Gasteiger partial charge in [0.1, 0.15) is 0 Å². The maximum absolute atomic E-state index is 6.58. The third kappa shape index (κ3) is 2.78. The van der Waals surface area contributed by atoms with E-state index in [9.17, 15) is 0 Å². The first-order valence-electron chi connectivity index (χ1n) is 6.81. The van der Waals surface area contributed by atoms with Crippen LogP contribution >= 0.6 is 38.5 Å². The molecule has 2 N–H and O–H groups in total. The number of nitrogens with zero attached hydrogens (tertiary/aromatic N) is 1. The van der Waals surface area contributed by atoms with Gasteiger partial charge in [-0.1, -0.05) is 22.0 Å². The molecule has 0 bridgehead atoms. The Hall–Kier alpha value is -0.460. The van der Waals surface area contributed by atoms with Crippen LogP contribution in [0.1, 0.15) is 41.6 Å². The Bertz CT molecular complexity index is 630. The molecular weight excluding hydrogens is 427 g/mol. The van der Waals surface area contributed by atoms with Gasteiger partial charge in [0.25, 0.3) is 0 Å². The molecule has 3 rings (SSSR count). The van der Waals surface area contributed by atoms with E-state index in [4.69, 9.17) is 5.73 Å². The normalized spacial score (nSPS) is 19.4. The van der Waals surface area contributed by atoms with Crippen molar-refractivity contribution in [2.75, 3.05) is 0 Å². The summed E-state index contributed by atoms with van der Waals surface area (Å²) >= 11 is 5.97. The standard InChI is InChI=1S/C16H16BrIN2/c17-14-7-6-11(18)9-13(14)15(19)12-5-1-3-10-4-2-8-20-16(10)12/h2,4,6-9,12,15H,1,3,5,19H2. The summed E-state index contributed by atoms with van der Waals surface area (Å²) in [6, 6.07) is 10.5. The molecule has 0 amide bonds. The zero-order chi connectivity index (χ0) is 14.1. The Morgan fingerprint density at radius 2 is 2.20 bits per heavy atom. The molecule has 0 spiro atoms. The zero-order valence-corrected chi connectivity index (χ0v) is 14.8. The largest absolute Gasteiger partial charge is 0.323 e. The van der Waals surface area contributed by atoms with Crippen LogP contribution in [0, 0.1) is 3.57 Å². The highest BCUT2D eigenvalue weighted by Gasteiger charge is 2.28. The number of halogens is 2. The van der Waals surface area contributed by atoms with Crippen LogP contribution in [0.4, 0.5) is 0 Å². The van der Waals surface area contributed by atoms with Crippen molar-refractivity contribution in [1.82, 2.24) is 4.98 Å². The monoisotopic (exact) mass is 442 g/mol. The van der Waals surface area contributed by atoms with Gasteiger partial charge in [0.05, 0.1) is 0 Å². The average Bonchev–Trinajstić information content (AvgIpc) is 2.48. The number of nitrogens with two attached hydrogens (primary N) is 1. The Kier molecular flexibility index (Phi) is 4.43. The first kappa shape index (κ1) is 14.5. The molecule has 1 aromatic heterocycles. The average molecular weight is 443 g/mol. The van der Waals surface area contributed by atoms with Crippen molar-refractivity contribution in [3.8, 4) is 0 Å². The van der Waals surface area contributed by atoms with E-state index in [-0.39, 0.29) is 6.04 Å². The molecule has 1 aromatic carbocycles. The van der Waals surface area contributed by atoms with E-state index in [1.165, 1.54) is 26.8 Å². The number of benzene rings is 1. The van der Waals surface area contributed by atoms with E-state index < -0.39 is 0 Å². The van der Waals surface area contributed by atoms with Crippen LogP contribution in [0.3, 0.4) is 0 Å². The van der Waals surface area contributed by atoms with E-state index >= 15 is 0 Å². The van der Waals surface area contributed by atoms with Gasteiger partial charge < -0.3 is 5.73 Å². The summed E-state index contributed by atoms with van der Waals surface area (Å²) in [7, 11) is 0. The van der Waals surface area contributed by atoms with Gasteiger partial charge in [-0.15, -0.1) is 0 Å². The van der Waals surface area contributed by atoms with Gasteiger partial charge in [-0.25, -0.2) is 0 Å². The van der Waals surface area contributed by atoms with Gasteiger partial charge in [-0.05, 0) is 77.2 Å². The SMILES string of the molecule is NC(c1cc(I)ccc1Br)C1CCCc2cccnc21. The van der Waals surface area contributed by atoms with Gasteiger partial charge in [-0.3, -0.25) is 4.98 Å². The summed E-state index contributed by atoms with van der Waals surface area (Å²) in [6.45, 7) is 0. The maximum Gasteiger partial charge on any atom is 0.0485 e. The molecule has 1 heterocycles. The number of hydrogen-bond donors (Lipinski definition) is 1. The Morgan fingerprint density at radius 1 is 1.35 bits per heavy atom. The Labute approximate surface area is 141 Å². The third-order valence-electron chi connectivity index (χ3n) is 3.99. The molecule has 2 nitrogen and oxygen atoms in total. The lowest BCUT2D eigenvalue weighted by Gasteiger charge is -2.30. The minimum absolute atomic E-state index is 0.00644. The van der Waals surface area contributed by atoms with Crippen molar-refractivity contribution in [2.45, 2.75) is 31.2 Å². The highest BCUT2D eigenvalue weighted by atomic mass is 127. The van der Waals surface area contributed by atoms with E-state index in [1.54, 1.807) is 0 Å². The molecule has 2 atom stereocenters. The summed E-state index contributed by atoms with van der Waals surface area (Å²) in [5.41, 5.74) is 10.3. The van der Waals surface area contributed by atoms with E-state index in [2.05, 4.69) is 67.8 Å². The Balaban J connectivity index is 1.99. The molecule has 0 radical (unpaired) electrons. The maximum atomic E-state index is 6.58. The summed E-state index contributed by atoms with van der Waals surface area (Å²) in [5, 5.41) is 0. The van der Waals surface area contributed by atoms with Crippen molar-refractivity contribution in [3.63, 3.8) is 0 Å². The number of rotatable bonds is 2. The molecule has 104 valence electrons. The molecule has 1 aliphatic carbocycles. The van der Waals surface area contributed by atoms with Crippen LogP contribution < -0.4 is 5.73 Å². The van der Waals surface area contributed by atoms with E-state index in [1.807, 2.05) is 12.3 Å². The number of fused-ring (bicyclic) bond motifs is 1. The smallest absolute Gasteiger partial charge is 0.0485 e. The van der Waals surface area contributed by atoms with Gasteiger partial charge in [0.15, 0.2) is 0 Å². The first-order valence-corrected chi connectivity index (χ1v) is 8.68. The topological polar surface area (TPSA) is 38.9 Å². The summed E-state index contributed by atoms with van der Waals surface area (Å²) in [4.78, 5) is 4.60. The molecule has 2 aromatic rings. The third-order valence-corrected chi connectivity index (χ3v) is 5.38. The fourth-order valence-corrected chi connectivity index (χ4v) is 4.01. The second-order valence-electron chi connectivity index (χ2n) is 5.24. The molecule has 0 fully saturated rings. The van der Waals surface area contributed by atoms with Crippen LogP contribution in [-0.2, 0) is 6.42 Å². The molecular formula is C16H16BrIN2. The van der Waals surface area contributed by atoms with Gasteiger partial charge >= 0.3 is 0 Å². The lowest BCUT2D eigenvalue weighted by molar-refractivity contribution is 0.461. The quantitative estimate of drug-likeness (QED) is 0.692. The first-order chi connectivity index (χ1) is 9.66. The van der Waals surface area contributed by atoms with E-state index in [0.29, 0.717) is 5.92 Å². The van der Waals surface area contributed by atoms with Crippen LogP contribution in [0.15, 0.2) is 41.0 Å². The molecule has 0 saturated carbocycles. The summed E-state index contributed by atoms with van der Waals surface area (Å²) in [6.07, 6.45) is 5.31. The highest BCUT2D eigenvalue weighted by Crippen LogP contribution is 2.40. The van der Waals surface area contributed by atoms with Crippen molar-refractivity contribution < 1.29 is 0 Å². The lowest BCUT2D eigenvalue weighted by atomic mass is 9.80. The number of pyridine rings is 1. The molecule has 4 heteroatoms. The van der Waals surface area contributed by atoms with Crippen LogP contribution in [0.2, 0.25) is 0 Å². The number of aromatic nitrogens is 1. The second-order valence-corrected chi connectivity index (χ2v) is 7.34. The molecule has 0 saturated heterocycles. The fraction of sp³-hybridized carbons (Fsp3) is 0.312. The molecule has 1 aliphatic rings. The van der Waals surface area contributed by atoms with Crippen molar-refractivity contribution in [1.29, 1.82) is 0 Å².